The quantitative estimate of drug-likeness (QED) is 0.728. The number of amides is 1. The van der Waals surface area contributed by atoms with Crippen LogP contribution in [0.5, 0.6) is 0 Å². The van der Waals surface area contributed by atoms with Crippen molar-refractivity contribution in [2.24, 2.45) is 5.92 Å². The summed E-state index contributed by atoms with van der Waals surface area (Å²) in [6.07, 6.45) is -3.73. The number of sulfone groups is 1. The number of piperidine rings is 1. The fourth-order valence-electron chi connectivity index (χ4n) is 4.21. The minimum absolute atomic E-state index is 0.117. The molecule has 9 heteroatoms. The smallest absolute Gasteiger partial charge is 0.343 e. The molecule has 1 atom stereocenters. The minimum atomic E-state index is -4.62. The van der Waals surface area contributed by atoms with Crippen LogP contribution in [0.3, 0.4) is 0 Å². The van der Waals surface area contributed by atoms with Gasteiger partial charge in [0.2, 0.25) is 0 Å². The van der Waals surface area contributed by atoms with Gasteiger partial charge in [-0.05, 0) is 50.8 Å². The summed E-state index contributed by atoms with van der Waals surface area (Å²) >= 11 is 0. The van der Waals surface area contributed by atoms with E-state index in [1.165, 1.54) is 6.07 Å². The lowest BCUT2D eigenvalue weighted by molar-refractivity contribution is -0.412. The molecule has 1 saturated heterocycles. The first-order valence-electron chi connectivity index (χ1n) is 10.4. The summed E-state index contributed by atoms with van der Waals surface area (Å²) in [5.41, 5.74) is 3.80. The number of nitrogens with zero attached hydrogens (tertiary/aromatic N) is 1. The van der Waals surface area contributed by atoms with Crippen LogP contribution in [0.15, 0.2) is 59.5 Å². The van der Waals surface area contributed by atoms with Crippen molar-refractivity contribution >= 4 is 15.7 Å². The first-order valence-corrected chi connectivity index (χ1v) is 11.9. The van der Waals surface area contributed by atoms with Crippen molar-refractivity contribution < 1.29 is 32.1 Å². The Hall–Kier alpha value is -2.39. The van der Waals surface area contributed by atoms with Gasteiger partial charge in [-0.3, -0.25) is 4.79 Å². The monoisotopic (exact) mass is 469 g/mol. The maximum absolute atomic E-state index is 13.3. The Morgan fingerprint density at radius 3 is 2.19 bits per heavy atom. The van der Waals surface area contributed by atoms with Gasteiger partial charge in [-0.1, -0.05) is 36.4 Å². The molecule has 174 valence electrons. The number of alkyl halides is 3. The predicted octanol–water partition coefficient (Wildman–Crippen LogP) is 3.48. The van der Waals surface area contributed by atoms with Crippen LogP contribution in [0, 0.1) is 5.92 Å². The second-order valence-corrected chi connectivity index (χ2v) is 11.2. The van der Waals surface area contributed by atoms with E-state index in [2.05, 4.69) is 5.73 Å². The van der Waals surface area contributed by atoms with E-state index in [0.717, 1.165) is 17.7 Å². The van der Waals surface area contributed by atoms with E-state index in [1.54, 1.807) is 18.7 Å². The van der Waals surface area contributed by atoms with Gasteiger partial charge in [-0.2, -0.15) is 13.2 Å². The number of likely N-dealkylation sites (tertiary alicyclic amines) is 1. The van der Waals surface area contributed by atoms with Crippen molar-refractivity contribution in [3.05, 3.63) is 65.7 Å². The number of carbonyl (C=O) groups is 1. The largest absolute Gasteiger partial charge is 0.416 e. The number of hydrogen-bond donors (Lipinski definition) is 1. The van der Waals surface area contributed by atoms with Crippen LogP contribution in [-0.4, -0.2) is 37.1 Å². The molecule has 1 aliphatic rings. The summed E-state index contributed by atoms with van der Waals surface area (Å²) in [7, 11) is -4.03. The van der Waals surface area contributed by atoms with E-state index in [9.17, 15) is 26.4 Å². The van der Waals surface area contributed by atoms with E-state index in [1.807, 2.05) is 30.3 Å². The molecule has 1 amide bonds. The van der Waals surface area contributed by atoms with Crippen LogP contribution >= 0.6 is 0 Å². The van der Waals surface area contributed by atoms with E-state index in [-0.39, 0.29) is 16.7 Å². The highest BCUT2D eigenvalue weighted by Gasteiger charge is 2.45. The van der Waals surface area contributed by atoms with Gasteiger partial charge >= 0.3 is 6.18 Å². The van der Waals surface area contributed by atoms with Crippen LogP contribution in [0.2, 0.25) is 0 Å². The third-order valence-corrected chi connectivity index (χ3v) is 9.05. The average molecular weight is 470 g/mol. The van der Waals surface area contributed by atoms with Crippen LogP contribution in [0.4, 0.5) is 13.2 Å². The normalized spacial score (nSPS) is 17.2. The Morgan fingerprint density at radius 1 is 1.03 bits per heavy atom. The van der Waals surface area contributed by atoms with Gasteiger partial charge < -0.3 is 10.6 Å². The first-order chi connectivity index (χ1) is 14.9. The molecule has 0 saturated carbocycles. The molecule has 3 N–H and O–H groups in total. The second-order valence-electron chi connectivity index (χ2n) is 8.70. The lowest BCUT2D eigenvalue weighted by Gasteiger charge is -2.40. The number of carbonyl (C=O) groups excluding carboxylic acids is 1. The maximum atomic E-state index is 13.3. The van der Waals surface area contributed by atoms with E-state index >= 15 is 0 Å². The highest BCUT2D eigenvalue weighted by atomic mass is 32.2. The van der Waals surface area contributed by atoms with Crippen molar-refractivity contribution in [3.8, 4) is 0 Å². The number of halogens is 3. The summed E-state index contributed by atoms with van der Waals surface area (Å²) in [6.45, 7) is 3.87. The third kappa shape index (κ3) is 4.68. The molecule has 0 bridgehead atoms. The summed E-state index contributed by atoms with van der Waals surface area (Å²) in [5.74, 6) is -0.417. The fraction of sp³-hybridized carbons (Fsp3) is 0.435. The summed E-state index contributed by atoms with van der Waals surface area (Å²) in [5, 5.41) is 0. The highest BCUT2D eigenvalue weighted by Crippen LogP contribution is 2.39. The number of hydrogen-bond acceptors (Lipinski definition) is 3. The van der Waals surface area contributed by atoms with Crippen molar-refractivity contribution in [1.82, 2.24) is 4.90 Å². The van der Waals surface area contributed by atoms with Gasteiger partial charge in [0.1, 0.15) is 0 Å². The SMILES string of the molecule is CC(C)(C1CCN(C(=O)[C@H]([NH3+])c2ccccc2)CC1)S(=O)(=O)c1cccc(C(F)(F)F)c1. The first kappa shape index (κ1) is 24.3. The lowest BCUT2D eigenvalue weighted by Crippen LogP contribution is -2.61. The van der Waals surface area contributed by atoms with Gasteiger partial charge in [0, 0.05) is 18.7 Å². The van der Waals surface area contributed by atoms with Gasteiger partial charge in [0.25, 0.3) is 5.91 Å². The molecule has 1 fully saturated rings. The van der Waals surface area contributed by atoms with E-state index in [4.69, 9.17) is 0 Å². The Morgan fingerprint density at radius 2 is 1.62 bits per heavy atom. The molecular weight excluding hydrogens is 441 g/mol. The summed E-state index contributed by atoms with van der Waals surface area (Å²) < 4.78 is 64.5. The van der Waals surface area contributed by atoms with Gasteiger partial charge in [0.15, 0.2) is 15.9 Å². The van der Waals surface area contributed by atoms with Gasteiger partial charge in [-0.25, -0.2) is 8.42 Å². The molecule has 5 nitrogen and oxygen atoms in total. The zero-order valence-corrected chi connectivity index (χ0v) is 18.9. The molecule has 3 rings (SSSR count). The predicted molar refractivity (Wildman–Crippen MR) is 114 cm³/mol. The molecule has 32 heavy (non-hydrogen) atoms. The molecule has 2 aromatic carbocycles. The highest BCUT2D eigenvalue weighted by molar-refractivity contribution is 7.92. The summed E-state index contributed by atoms with van der Waals surface area (Å²) in [4.78, 5) is 14.2. The maximum Gasteiger partial charge on any atom is 0.416 e. The van der Waals surface area contributed by atoms with Crippen LogP contribution in [-0.2, 0) is 20.8 Å². The molecule has 2 aromatic rings. The topological polar surface area (TPSA) is 82.1 Å². The standard InChI is InChI=1S/C23H27F3N2O3S/c1-22(2,32(30,31)19-10-6-9-18(15-19)23(24,25)26)17-11-13-28(14-12-17)21(29)20(27)16-7-4-3-5-8-16/h3-10,15,17,20H,11-14,27H2,1-2H3/p+1/t20-/m1/s1. The zero-order chi connectivity index (χ0) is 23.7. The molecule has 0 spiro atoms. The fourth-order valence-corrected chi connectivity index (χ4v) is 6.03. The zero-order valence-electron chi connectivity index (χ0n) is 18.1. The number of quaternary nitrogens is 1. The van der Waals surface area contributed by atoms with Crippen molar-refractivity contribution in [3.63, 3.8) is 0 Å². The van der Waals surface area contributed by atoms with Crippen LogP contribution in [0.1, 0.15) is 43.9 Å². The molecular formula is C23H28F3N2O3S+. The van der Waals surface area contributed by atoms with Crippen LogP contribution < -0.4 is 5.73 Å². The Bertz CT molecular complexity index is 1060. The van der Waals surface area contributed by atoms with E-state index < -0.39 is 32.4 Å². The third-order valence-electron chi connectivity index (χ3n) is 6.45. The van der Waals surface area contributed by atoms with E-state index in [0.29, 0.717) is 32.0 Å². The van der Waals surface area contributed by atoms with Gasteiger partial charge in [-0.15, -0.1) is 0 Å². The second kappa shape index (κ2) is 8.86. The minimum Gasteiger partial charge on any atom is -0.343 e. The van der Waals surface area contributed by atoms with Crippen LogP contribution in [0.25, 0.3) is 0 Å². The number of rotatable bonds is 5. The molecule has 0 unspecified atom stereocenters. The molecule has 1 aliphatic heterocycles. The summed E-state index contributed by atoms with van der Waals surface area (Å²) in [6, 6.07) is 12.6. The van der Waals surface area contributed by atoms with Crippen molar-refractivity contribution in [2.45, 2.75) is 48.5 Å². The Kier molecular flexibility index (Phi) is 6.72. The molecule has 1 heterocycles. The number of benzene rings is 2. The Labute approximate surface area is 186 Å². The Balaban J connectivity index is 1.73. The van der Waals surface area contributed by atoms with Crippen molar-refractivity contribution in [1.29, 1.82) is 0 Å². The van der Waals surface area contributed by atoms with Crippen molar-refractivity contribution in [2.75, 3.05) is 13.1 Å². The molecule has 0 radical (unpaired) electrons. The molecule has 0 aliphatic carbocycles. The molecule has 0 aromatic heterocycles. The van der Waals surface area contributed by atoms with Gasteiger partial charge in [0.05, 0.1) is 15.2 Å². The lowest BCUT2D eigenvalue weighted by atomic mass is 9.85. The average Bonchev–Trinajstić information content (AvgIpc) is 2.78.